The Morgan fingerprint density at radius 1 is 1.00 bits per heavy atom. The lowest BCUT2D eigenvalue weighted by molar-refractivity contribution is -0.123. The van der Waals surface area contributed by atoms with Gasteiger partial charge in [-0.15, -0.1) is 0 Å². The molecule has 8 nitrogen and oxygen atoms in total. The number of nitrogens with zero attached hydrogens (tertiary/aromatic N) is 1. The van der Waals surface area contributed by atoms with Gasteiger partial charge in [0.15, 0.2) is 0 Å². The van der Waals surface area contributed by atoms with Crippen molar-refractivity contribution in [3.8, 4) is 0 Å². The molecule has 5 rings (SSSR count). The number of carbonyl (C=O) groups excluding carboxylic acids is 2. The molecule has 10 atom stereocenters. The van der Waals surface area contributed by atoms with Crippen molar-refractivity contribution in [3.63, 3.8) is 0 Å². The van der Waals surface area contributed by atoms with Crippen LogP contribution in [0, 0.1) is 40.4 Å². The summed E-state index contributed by atoms with van der Waals surface area (Å²) in [5.41, 5.74) is 1.55. The first-order valence-electron chi connectivity index (χ1n) is 14.8. The minimum atomic E-state index is -0.529. The third-order valence-corrected chi connectivity index (χ3v) is 11.7. The number of carbonyl (C=O) groups is 2. The maximum atomic E-state index is 12.4. The summed E-state index contributed by atoms with van der Waals surface area (Å²) in [6.07, 6.45) is 11.6. The number of nitrogens with one attached hydrogen (secondary N) is 3. The van der Waals surface area contributed by atoms with Gasteiger partial charge in [-0.25, -0.2) is 4.79 Å². The number of hydrogen-bond donors (Lipinski definition) is 4. The molecule has 2 amide bonds. The van der Waals surface area contributed by atoms with Crippen molar-refractivity contribution in [1.82, 2.24) is 16.0 Å². The highest BCUT2D eigenvalue weighted by Gasteiger charge is 2.60. The Morgan fingerprint density at radius 2 is 1.76 bits per heavy atom. The van der Waals surface area contributed by atoms with Crippen LogP contribution in [-0.4, -0.2) is 54.6 Å². The molecule has 4 aliphatic carbocycles. The number of rotatable bonds is 5. The number of likely N-dealkylation sites (N-methyl/N-ethyl adjacent to an activating group) is 1. The van der Waals surface area contributed by atoms with E-state index in [9.17, 15) is 14.7 Å². The average Bonchev–Trinajstić information content (AvgIpc) is 3.50. The van der Waals surface area contributed by atoms with Crippen molar-refractivity contribution < 1.29 is 19.5 Å². The Labute approximate surface area is 222 Å². The lowest BCUT2D eigenvalue weighted by Crippen LogP contribution is -2.54. The molecule has 4 N–H and O–H groups in total. The van der Waals surface area contributed by atoms with Gasteiger partial charge in [0.1, 0.15) is 0 Å². The van der Waals surface area contributed by atoms with Crippen LogP contribution >= 0.6 is 0 Å². The van der Waals surface area contributed by atoms with Crippen molar-refractivity contribution in [1.29, 1.82) is 0 Å². The van der Waals surface area contributed by atoms with Crippen molar-refractivity contribution in [2.24, 2.45) is 45.6 Å². The van der Waals surface area contributed by atoms with E-state index in [4.69, 9.17) is 4.84 Å². The van der Waals surface area contributed by atoms with E-state index in [1.54, 1.807) is 7.05 Å². The summed E-state index contributed by atoms with van der Waals surface area (Å²) in [4.78, 5) is 29.5. The zero-order chi connectivity index (χ0) is 26.4. The summed E-state index contributed by atoms with van der Waals surface area (Å²) in [5, 5.41) is 23.3. The quantitative estimate of drug-likeness (QED) is 0.251. The maximum absolute atomic E-state index is 12.4. The van der Waals surface area contributed by atoms with Crippen molar-refractivity contribution in [3.05, 3.63) is 0 Å². The number of aliphatic hydroxyl groups excluding tert-OH is 1. The maximum Gasteiger partial charge on any atom is 0.433 e. The van der Waals surface area contributed by atoms with E-state index in [-0.39, 0.29) is 29.5 Å². The van der Waals surface area contributed by atoms with Gasteiger partial charge in [0, 0.05) is 25.6 Å². The Kier molecular flexibility index (Phi) is 7.62. The number of fused-ring (bicyclic) bond motifs is 5. The molecule has 8 heteroatoms. The van der Waals surface area contributed by atoms with Gasteiger partial charge in [-0.3, -0.25) is 9.63 Å². The molecule has 5 fully saturated rings. The second-order valence-corrected chi connectivity index (χ2v) is 13.4. The molecule has 1 saturated heterocycles. The van der Waals surface area contributed by atoms with Crippen LogP contribution in [0.4, 0.5) is 4.79 Å². The summed E-state index contributed by atoms with van der Waals surface area (Å²) >= 11 is 0. The largest absolute Gasteiger partial charge is 0.433 e. The summed E-state index contributed by atoms with van der Waals surface area (Å²) in [6.45, 7) is 7.46. The molecule has 2 unspecified atom stereocenters. The summed E-state index contributed by atoms with van der Waals surface area (Å²) in [5.74, 6) is 3.29. The predicted molar refractivity (Wildman–Crippen MR) is 143 cm³/mol. The number of hydrogen-bond acceptors (Lipinski definition) is 6. The van der Waals surface area contributed by atoms with Crippen LogP contribution < -0.4 is 16.0 Å². The summed E-state index contributed by atoms with van der Waals surface area (Å²) < 4.78 is 0. The normalized spacial score (nSPS) is 45.4. The first-order valence-corrected chi connectivity index (χ1v) is 14.8. The number of aliphatic hydroxyl groups is 1. The van der Waals surface area contributed by atoms with E-state index in [2.05, 4.69) is 35.0 Å². The molecule has 5 aliphatic rings. The first kappa shape index (κ1) is 26.9. The fourth-order valence-corrected chi connectivity index (χ4v) is 9.70. The second-order valence-electron chi connectivity index (χ2n) is 13.4. The molecule has 1 aliphatic heterocycles. The zero-order valence-corrected chi connectivity index (χ0v) is 23.2. The molecule has 0 aromatic rings. The standard InChI is InChI=1S/C29H48N4O4/c1-17(33-37-27(36)31-16-19-6-10-25(32-19)26(35)30-4)22-8-9-23-21-7-5-18-15-20(34)11-13-28(18,2)24(21)12-14-29(22,23)3/h18-25,32,34H,5-16H2,1-4H3,(H,30,35)(H,31,36)/b33-17+/t18-,19?,20+,21-,22+,23-,24-,25?,28-,29+/m0/s1. The topological polar surface area (TPSA) is 112 Å². The highest BCUT2D eigenvalue weighted by Crippen LogP contribution is 2.67. The van der Waals surface area contributed by atoms with Crippen LogP contribution in [0.15, 0.2) is 5.16 Å². The van der Waals surface area contributed by atoms with Crippen LogP contribution in [0.1, 0.15) is 91.4 Å². The van der Waals surface area contributed by atoms with Gasteiger partial charge < -0.3 is 21.1 Å². The molecular formula is C29H48N4O4. The Bertz CT molecular complexity index is 910. The third-order valence-electron chi connectivity index (χ3n) is 11.7. The lowest BCUT2D eigenvalue weighted by atomic mass is 9.44. The van der Waals surface area contributed by atoms with Gasteiger partial charge in [0.2, 0.25) is 5.91 Å². The molecule has 37 heavy (non-hydrogen) atoms. The van der Waals surface area contributed by atoms with Crippen molar-refractivity contribution in [2.75, 3.05) is 13.6 Å². The van der Waals surface area contributed by atoms with Gasteiger partial charge in [-0.2, -0.15) is 0 Å². The first-order chi connectivity index (χ1) is 17.7. The SMILES string of the molecule is CNC(=O)C1CCC(CNC(=O)O/N=C(\C)[C@H]2CC[C@H]3[C@@H]4CC[C@H]5C[C@H](O)CC[C@]5(C)[C@H]4CC[C@]23C)N1. The fraction of sp³-hybridized carbons (Fsp3) is 0.897. The molecule has 1 heterocycles. The molecule has 208 valence electrons. The Balaban J connectivity index is 1.16. The van der Waals surface area contributed by atoms with Gasteiger partial charge in [0.05, 0.1) is 17.9 Å². The van der Waals surface area contributed by atoms with Crippen LogP contribution in [-0.2, 0) is 9.63 Å². The third kappa shape index (κ3) is 4.93. The van der Waals surface area contributed by atoms with Gasteiger partial charge in [-0.1, -0.05) is 19.0 Å². The van der Waals surface area contributed by atoms with Gasteiger partial charge in [-0.05, 0) is 112 Å². The minimum absolute atomic E-state index is 0.0117. The van der Waals surface area contributed by atoms with Crippen LogP contribution in [0.5, 0.6) is 0 Å². The molecule has 4 saturated carbocycles. The zero-order valence-electron chi connectivity index (χ0n) is 23.2. The van der Waals surface area contributed by atoms with Crippen molar-refractivity contribution in [2.45, 2.75) is 110 Å². The molecular weight excluding hydrogens is 468 g/mol. The smallest absolute Gasteiger partial charge is 0.393 e. The van der Waals surface area contributed by atoms with Gasteiger partial charge >= 0.3 is 6.09 Å². The monoisotopic (exact) mass is 516 g/mol. The molecule has 0 aromatic heterocycles. The summed E-state index contributed by atoms with van der Waals surface area (Å²) in [7, 11) is 1.64. The lowest BCUT2D eigenvalue weighted by Gasteiger charge is -2.61. The highest BCUT2D eigenvalue weighted by atomic mass is 16.7. The van der Waals surface area contributed by atoms with Crippen LogP contribution in [0.25, 0.3) is 0 Å². The Hall–Kier alpha value is -1.67. The fourth-order valence-electron chi connectivity index (χ4n) is 9.70. The number of amides is 2. The van der Waals surface area contributed by atoms with E-state index in [1.165, 1.54) is 38.5 Å². The van der Waals surface area contributed by atoms with Crippen LogP contribution in [0.2, 0.25) is 0 Å². The molecule has 0 bridgehead atoms. The second kappa shape index (κ2) is 10.5. The van der Waals surface area contributed by atoms with E-state index < -0.39 is 6.09 Å². The predicted octanol–water partition coefficient (Wildman–Crippen LogP) is 3.97. The minimum Gasteiger partial charge on any atom is -0.393 e. The van der Waals surface area contributed by atoms with E-state index in [0.29, 0.717) is 29.7 Å². The van der Waals surface area contributed by atoms with E-state index >= 15 is 0 Å². The van der Waals surface area contributed by atoms with Crippen LogP contribution in [0.3, 0.4) is 0 Å². The highest BCUT2D eigenvalue weighted by molar-refractivity contribution is 5.85. The number of oxime groups is 1. The Morgan fingerprint density at radius 3 is 2.54 bits per heavy atom. The van der Waals surface area contributed by atoms with Gasteiger partial charge in [0.25, 0.3) is 0 Å². The average molecular weight is 517 g/mol. The molecule has 0 aromatic carbocycles. The van der Waals surface area contributed by atoms with Crippen molar-refractivity contribution >= 4 is 17.7 Å². The summed E-state index contributed by atoms with van der Waals surface area (Å²) in [6, 6.07) is -0.129. The molecule has 0 spiro atoms. The molecule has 0 radical (unpaired) electrons. The van der Waals surface area contributed by atoms with E-state index in [0.717, 1.165) is 49.7 Å². The van der Waals surface area contributed by atoms with E-state index in [1.807, 2.05) is 6.92 Å².